The molecule has 1 atom stereocenters. The molecule has 2 fully saturated rings. The van der Waals surface area contributed by atoms with Gasteiger partial charge in [0, 0.05) is 36.5 Å². The Morgan fingerprint density at radius 3 is 2.51 bits per heavy atom. The summed E-state index contributed by atoms with van der Waals surface area (Å²) in [7, 11) is 0. The lowest BCUT2D eigenvalue weighted by Gasteiger charge is -2.19. The second-order valence-electron chi connectivity index (χ2n) is 10.7. The van der Waals surface area contributed by atoms with Crippen molar-refractivity contribution in [2.45, 2.75) is 32.0 Å². The molecule has 0 spiro atoms. The van der Waals surface area contributed by atoms with Crippen LogP contribution in [0.25, 0.3) is 44.5 Å². The Labute approximate surface area is 222 Å². The number of benzene rings is 3. The van der Waals surface area contributed by atoms with Crippen molar-refractivity contribution in [3.63, 3.8) is 0 Å². The summed E-state index contributed by atoms with van der Waals surface area (Å²) in [5.41, 5.74) is 3.40. The topological polar surface area (TPSA) is 66.8 Å². The number of hydrogen-bond donors (Lipinski definition) is 1. The number of fused-ring (bicyclic) bond motifs is 2. The Kier molecular flexibility index (Phi) is 5.50. The van der Waals surface area contributed by atoms with Crippen molar-refractivity contribution >= 4 is 27.8 Å². The molecule has 0 radical (unpaired) electrons. The Morgan fingerprint density at radius 2 is 1.74 bits per heavy atom. The summed E-state index contributed by atoms with van der Waals surface area (Å²) in [5, 5.41) is 8.08. The van der Waals surface area contributed by atoms with Crippen molar-refractivity contribution in [2.75, 3.05) is 13.1 Å². The van der Waals surface area contributed by atoms with Gasteiger partial charge < -0.3 is 9.47 Å². The van der Waals surface area contributed by atoms with Crippen LogP contribution in [0.1, 0.15) is 24.8 Å². The molecule has 1 aliphatic heterocycles. The van der Waals surface area contributed by atoms with Crippen LogP contribution in [0.15, 0.2) is 66.9 Å². The van der Waals surface area contributed by atoms with E-state index in [1.54, 1.807) is 16.8 Å². The van der Waals surface area contributed by atoms with Gasteiger partial charge in [-0.2, -0.15) is 18.3 Å². The zero-order chi connectivity index (χ0) is 26.7. The van der Waals surface area contributed by atoms with Crippen LogP contribution in [0.2, 0.25) is 0 Å². The molecule has 198 valence electrons. The van der Waals surface area contributed by atoms with Crippen LogP contribution >= 0.6 is 0 Å². The lowest BCUT2D eigenvalue weighted by molar-refractivity contribution is -0.136. The number of hydrogen-bond acceptors (Lipinski definition) is 3. The fourth-order valence-corrected chi connectivity index (χ4v) is 5.77. The molecule has 6 nitrogen and oxygen atoms in total. The Bertz CT molecular complexity index is 1700. The van der Waals surface area contributed by atoms with Crippen molar-refractivity contribution in [1.29, 1.82) is 0 Å². The van der Waals surface area contributed by atoms with E-state index in [0.29, 0.717) is 31.0 Å². The van der Waals surface area contributed by atoms with Gasteiger partial charge in [0.25, 0.3) is 0 Å². The van der Waals surface area contributed by atoms with Gasteiger partial charge in [-0.1, -0.05) is 42.5 Å². The predicted molar refractivity (Wildman–Crippen MR) is 143 cm³/mol. The smallest absolute Gasteiger partial charge is 0.342 e. The van der Waals surface area contributed by atoms with Crippen molar-refractivity contribution in [3.8, 4) is 22.5 Å². The standard InChI is InChI=1S/C30H26F3N5O/c31-30(32,33)24-2-1-3-25-27(24)38(17-18-12-13-37(16-18)29(39)21-8-9-21)28(35-25)20-6-4-19(5-7-20)22-10-11-23-15-34-36-26(23)14-22/h1-7,10-11,14-15,18,21H,8-9,12-13,16-17H2,(H,34,36)/t18-/m0/s1. The van der Waals surface area contributed by atoms with Gasteiger partial charge in [0.2, 0.25) is 5.91 Å². The highest BCUT2D eigenvalue weighted by atomic mass is 19.4. The average molecular weight is 530 g/mol. The van der Waals surface area contributed by atoms with E-state index in [4.69, 9.17) is 4.98 Å². The molecule has 0 unspecified atom stereocenters. The number of amides is 1. The number of nitrogens with one attached hydrogen (secondary N) is 1. The number of H-pyrrole nitrogens is 1. The molecule has 1 saturated heterocycles. The maximum Gasteiger partial charge on any atom is 0.418 e. The van der Waals surface area contributed by atoms with E-state index in [2.05, 4.69) is 10.2 Å². The third kappa shape index (κ3) is 4.35. The number of carbonyl (C=O) groups excluding carboxylic acids is 1. The van der Waals surface area contributed by atoms with Crippen LogP contribution in [0.5, 0.6) is 0 Å². The number of rotatable bonds is 5. The quantitative estimate of drug-likeness (QED) is 0.282. The lowest BCUT2D eigenvalue weighted by Crippen LogP contribution is -2.30. The van der Waals surface area contributed by atoms with E-state index in [1.165, 1.54) is 6.07 Å². The molecular weight excluding hydrogens is 503 g/mol. The molecule has 0 bridgehead atoms. The number of nitrogens with zero attached hydrogens (tertiary/aromatic N) is 4. The van der Waals surface area contributed by atoms with Crippen LogP contribution in [-0.2, 0) is 17.5 Å². The number of alkyl halides is 3. The van der Waals surface area contributed by atoms with Crippen LogP contribution in [0.4, 0.5) is 13.2 Å². The highest BCUT2D eigenvalue weighted by Gasteiger charge is 2.38. The van der Waals surface area contributed by atoms with Gasteiger partial charge in [-0.25, -0.2) is 4.98 Å². The number of aromatic amines is 1. The number of carbonyl (C=O) groups is 1. The number of para-hydroxylation sites is 1. The third-order valence-electron chi connectivity index (χ3n) is 7.96. The number of halogens is 3. The summed E-state index contributed by atoms with van der Waals surface area (Å²) >= 11 is 0. The molecule has 1 N–H and O–H groups in total. The highest BCUT2D eigenvalue weighted by molar-refractivity contribution is 5.86. The molecule has 9 heteroatoms. The van der Waals surface area contributed by atoms with Gasteiger partial charge in [-0.15, -0.1) is 0 Å². The van der Waals surface area contributed by atoms with E-state index >= 15 is 0 Å². The van der Waals surface area contributed by atoms with E-state index < -0.39 is 11.7 Å². The summed E-state index contributed by atoms with van der Waals surface area (Å²) < 4.78 is 44.1. The molecule has 39 heavy (non-hydrogen) atoms. The van der Waals surface area contributed by atoms with Crippen molar-refractivity contribution < 1.29 is 18.0 Å². The number of aromatic nitrogens is 4. The van der Waals surface area contributed by atoms with Gasteiger partial charge in [-0.3, -0.25) is 9.89 Å². The minimum Gasteiger partial charge on any atom is -0.342 e. The first-order valence-corrected chi connectivity index (χ1v) is 13.2. The maximum atomic E-state index is 14.1. The van der Waals surface area contributed by atoms with Crippen molar-refractivity contribution in [2.24, 2.45) is 11.8 Å². The first kappa shape index (κ1) is 23.9. The Balaban J connectivity index is 1.27. The zero-order valence-electron chi connectivity index (χ0n) is 21.1. The molecule has 1 amide bonds. The Hall–Kier alpha value is -4.14. The molecule has 3 heterocycles. The second kappa shape index (κ2) is 8.97. The van der Waals surface area contributed by atoms with Gasteiger partial charge in [0.05, 0.1) is 28.3 Å². The third-order valence-corrected chi connectivity index (χ3v) is 7.96. The highest BCUT2D eigenvalue weighted by Crippen LogP contribution is 2.39. The molecule has 3 aromatic carbocycles. The number of imidazole rings is 1. The SMILES string of the molecule is O=C(C1CC1)N1CC[C@H](Cn2c(-c3ccc(-c4ccc5cn[nH]c5c4)cc3)nc3cccc(C(F)(F)F)c32)C1. The van der Waals surface area contributed by atoms with Crippen molar-refractivity contribution in [1.82, 2.24) is 24.6 Å². The van der Waals surface area contributed by atoms with Gasteiger partial charge in [0.15, 0.2) is 0 Å². The van der Waals surface area contributed by atoms with E-state index in [-0.39, 0.29) is 23.3 Å². The zero-order valence-corrected chi connectivity index (χ0v) is 21.1. The van der Waals surface area contributed by atoms with E-state index in [1.807, 2.05) is 47.4 Å². The fourth-order valence-electron chi connectivity index (χ4n) is 5.77. The molecule has 2 aromatic heterocycles. The maximum absolute atomic E-state index is 14.1. The first-order valence-electron chi connectivity index (χ1n) is 13.2. The minimum atomic E-state index is -4.51. The predicted octanol–water partition coefficient (Wildman–Crippen LogP) is 6.52. The molecule has 1 aliphatic carbocycles. The molecule has 7 rings (SSSR count). The molecule has 1 saturated carbocycles. The first-order chi connectivity index (χ1) is 18.8. The lowest BCUT2D eigenvalue weighted by atomic mass is 10.0. The molecule has 2 aliphatic rings. The monoisotopic (exact) mass is 529 g/mol. The summed E-state index contributed by atoms with van der Waals surface area (Å²) in [5.74, 6) is 0.889. The van der Waals surface area contributed by atoms with E-state index in [0.717, 1.165) is 52.9 Å². The summed E-state index contributed by atoms with van der Waals surface area (Å²) in [6.07, 6.45) is -0.0878. The van der Waals surface area contributed by atoms with Crippen molar-refractivity contribution in [3.05, 3.63) is 72.4 Å². The number of likely N-dealkylation sites (tertiary alicyclic amines) is 1. The second-order valence-corrected chi connectivity index (χ2v) is 10.7. The minimum absolute atomic E-state index is 0.0607. The van der Waals surface area contributed by atoms with Crippen LogP contribution in [-0.4, -0.2) is 43.6 Å². The fraction of sp³-hybridized carbons (Fsp3) is 0.300. The summed E-state index contributed by atoms with van der Waals surface area (Å²) in [6, 6.07) is 18.0. The van der Waals surface area contributed by atoms with Crippen LogP contribution in [0, 0.1) is 11.8 Å². The average Bonchev–Trinajstić information content (AvgIpc) is 3.32. The van der Waals surface area contributed by atoms with Gasteiger partial charge in [-0.05, 0) is 54.5 Å². The largest absolute Gasteiger partial charge is 0.418 e. The van der Waals surface area contributed by atoms with Gasteiger partial charge >= 0.3 is 6.18 Å². The van der Waals surface area contributed by atoms with Gasteiger partial charge in [0.1, 0.15) is 5.82 Å². The van der Waals surface area contributed by atoms with Crippen LogP contribution < -0.4 is 0 Å². The Morgan fingerprint density at radius 1 is 0.974 bits per heavy atom. The van der Waals surface area contributed by atoms with E-state index in [9.17, 15) is 18.0 Å². The molecule has 5 aromatic rings. The summed E-state index contributed by atoms with van der Waals surface area (Å²) in [4.78, 5) is 19.2. The van der Waals surface area contributed by atoms with Crippen LogP contribution in [0.3, 0.4) is 0 Å². The molecular formula is C30H26F3N5O. The summed E-state index contributed by atoms with van der Waals surface area (Å²) in [6.45, 7) is 1.59. The normalized spacial score (nSPS) is 17.9.